The Morgan fingerprint density at radius 2 is 2.08 bits per heavy atom. The quantitative estimate of drug-likeness (QED) is 0.869. The second-order valence-corrected chi connectivity index (χ2v) is 5.70. The second kappa shape index (κ2) is 7.21. The van der Waals surface area contributed by atoms with Crippen LogP contribution in [0.25, 0.3) is 6.08 Å². The first-order chi connectivity index (χ1) is 12.1. The van der Waals surface area contributed by atoms with E-state index >= 15 is 0 Å². The summed E-state index contributed by atoms with van der Waals surface area (Å²) in [5.74, 6) is 0.0634. The van der Waals surface area contributed by atoms with Crippen molar-refractivity contribution in [3.63, 3.8) is 0 Å². The van der Waals surface area contributed by atoms with Crippen LogP contribution in [0.3, 0.4) is 0 Å². The van der Waals surface area contributed by atoms with Crippen molar-refractivity contribution in [1.29, 1.82) is 0 Å². The fraction of sp³-hybridized carbons (Fsp3) is 0.200. The number of hydrogen-bond donors (Lipinski definition) is 1. The fourth-order valence-corrected chi connectivity index (χ4v) is 2.91. The van der Waals surface area contributed by atoms with Crippen LogP contribution in [0.2, 0.25) is 0 Å². The summed E-state index contributed by atoms with van der Waals surface area (Å²) in [5, 5.41) is 3.03. The van der Waals surface area contributed by atoms with Crippen molar-refractivity contribution >= 4 is 18.0 Å². The van der Waals surface area contributed by atoms with Crippen molar-refractivity contribution in [2.24, 2.45) is 0 Å². The third-order valence-electron chi connectivity index (χ3n) is 4.20. The molecule has 1 heterocycles. The molecule has 1 amide bonds. The summed E-state index contributed by atoms with van der Waals surface area (Å²) in [6.07, 6.45) is 2.28. The van der Waals surface area contributed by atoms with Crippen molar-refractivity contribution < 1.29 is 19.1 Å². The highest BCUT2D eigenvalue weighted by Gasteiger charge is 2.25. The van der Waals surface area contributed by atoms with E-state index in [1.54, 1.807) is 30.3 Å². The van der Waals surface area contributed by atoms with E-state index in [4.69, 9.17) is 9.47 Å². The standard InChI is InChI=1S/C20H19NO4/c1-3-13-6-4-5-7-15(13)19(22)21-17-10-11-25-18-9-8-14(12-16(17)18)20(23)24-2/h3-9,12,17H,1,10-11H2,2H3,(H,21,22). The molecule has 2 aromatic carbocycles. The molecule has 1 unspecified atom stereocenters. The lowest BCUT2D eigenvalue weighted by Gasteiger charge is -2.27. The smallest absolute Gasteiger partial charge is 0.337 e. The predicted octanol–water partition coefficient (Wildman–Crippen LogP) is 3.37. The second-order valence-electron chi connectivity index (χ2n) is 5.70. The highest BCUT2D eigenvalue weighted by atomic mass is 16.5. The van der Waals surface area contributed by atoms with E-state index in [1.807, 2.05) is 18.2 Å². The highest BCUT2D eigenvalue weighted by Crippen LogP contribution is 2.33. The number of nitrogens with one attached hydrogen (secondary N) is 1. The van der Waals surface area contributed by atoms with Crippen LogP contribution in [0.15, 0.2) is 49.0 Å². The van der Waals surface area contributed by atoms with Gasteiger partial charge in [0.25, 0.3) is 5.91 Å². The Bertz CT molecular complexity index is 828. The van der Waals surface area contributed by atoms with Gasteiger partial charge in [-0.1, -0.05) is 30.9 Å². The SMILES string of the molecule is C=Cc1ccccc1C(=O)NC1CCOc2ccc(C(=O)OC)cc21. The van der Waals surface area contributed by atoms with Crippen LogP contribution in [-0.4, -0.2) is 25.6 Å². The molecule has 1 atom stereocenters. The third kappa shape index (κ3) is 3.40. The van der Waals surface area contributed by atoms with Crippen molar-refractivity contribution in [3.8, 4) is 5.75 Å². The molecule has 1 N–H and O–H groups in total. The Hall–Kier alpha value is -3.08. The van der Waals surface area contributed by atoms with Gasteiger partial charge in [0, 0.05) is 17.5 Å². The number of carbonyl (C=O) groups excluding carboxylic acids is 2. The van der Waals surface area contributed by atoms with E-state index in [9.17, 15) is 9.59 Å². The van der Waals surface area contributed by atoms with Crippen LogP contribution >= 0.6 is 0 Å². The average Bonchev–Trinajstić information content (AvgIpc) is 2.67. The summed E-state index contributed by atoms with van der Waals surface area (Å²) >= 11 is 0. The Balaban J connectivity index is 1.89. The Labute approximate surface area is 146 Å². The Morgan fingerprint density at radius 3 is 2.84 bits per heavy atom. The van der Waals surface area contributed by atoms with Crippen molar-refractivity contribution in [2.45, 2.75) is 12.5 Å². The first-order valence-corrected chi connectivity index (χ1v) is 8.01. The molecule has 2 aromatic rings. The van der Waals surface area contributed by atoms with Gasteiger partial charge in [0.15, 0.2) is 0 Å². The van der Waals surface area contributed by atoms with E-state index in [-0.39, 0.29) is 11.9 Å². The summed E-state index contributed by atoms with van der Waals surface area (Å²) < 4.78 is 10.4. The highest BCUT2D eigenvalue weighted by molar-refractivity contribution is 5.98. The van der Waals surface area contributed by atoms with Gasteiger partial charge in [-0.2, -0.15) is 0 Å². The number of rotatable bonds is 4. The van der Waals surface area contributed by atoms with Crippen molar-refractivity contribution in [3.05, 3.63) is 71.3 Å². The molecule has 0 spiro atoms. The van der Waals surface area contributed by atoms with Gasteiger partial charge >= 0.3 is 5.97 Å². The maximum Gasteiger partial charge on any atom is 0.337 e. The van der Waals surface area contributed by atoms with E-state index in [0.717, 1.165) is 11.1 Å². The fourth-order valence-electron chi connectivity index (χ4n) is 2.91. The van der Waals surface area contributed by atoms with Crippen LogP contribution in [0.4, 0.5) is 0 Å². The third-order valence-corrected chi connectivity index (χ3v) is 4.20. The molecule has 1 aliphatic heterocycles. The lowest BCUT2D eigenvalue weighted by atomic mass is 9.97. The Kier molecular flexibility index (Phi) is 4.84. The number of ether oxygens (including phenoxy) is 2. The number of amides is 1. The van der Waals surface area contributed by atoms with E-state index in [2.05, 4.69) is 11.9 Å². The first-order valence-electron chi connectivity index (χ1n) is 8.01. The lowest BCUT2D eigenvalue weighted by Crippen LogP contribution is -2.32. The maximum atomic E-state index is 12.7. The molecular formula is C20H19NO4. The Morgan fingerprint density at radius 1 is 1.28 bits per heavy atom. The molecule has 0 aromatic heterocycles. The molecule has 25 heavy (non-hydrogen) atoms. The van der Waals surface area contributed by atoms with E-state index in [0.29, 0.717) is 29.9 Å². The van der Waals surface area contributed by atoms with Gasteiger partial charge in [-0.05, 0) is 29.8 Å². The lowest BCUT2D eigenvalue weighted by molar-refractivity contribution is 0.0600. The number of fused-ring (bicyclic) bond motifs is 1. The number of esters is 1. The molecule has 5 heteroatoms. The van der Waals surface area contributed by atoms with Crippen LogP contribution in [-0.2, 0) is 4.74 Å². The summed E-state index contributed by atoms with van der Waals surface area (Å²) in [5.41, 5.74) is 2.54. The molecule has 128 valence electrons. The molecule has 0 saturated heterocycles. The number of methoxy groups -OCH3 is 1. The molecular weight excluding hydrogens is 318 g/mol. The number of hydrogen-bond acceptors (Lipinski definition) is 4. The normalized spacial score (nSPS) is 15.5. The summed E-state index contributed by atoms with van der Waals surface area (Å²) in [7, 11) is 1.34. The van der Waals surface area contributed by atoms with Gasteiger partial charge in [-0.3, -0.25) is 4.79 Å². The van der Waals surface area contributed by atoms with E-state index < -0.39 is 5.97 Å². The van der Waals surface area contributed by atoms with E-state index in [1.165, 1.54) is 7.11 Å². The minimum absolute atomic E-state index is 0.183. The monoisotopic (exact) mass is 337 g/mol. The zero-order valence-electron chi connectivity index (χ0n) is 14.0. The van der Waals surface area contributed by atoms with Crippen LogP contribution < -0.4 is 10.1 Å². The van der Waals surface area contributed by atoms with Crippen molar-refractivity contribution in [2.75, 3.05) is 13.7 Å². The summed E-state index contributed by atoms with van der Waals surface area (Å²) in [6, 6.07) is 12.1. The predicted molar refractivity (Wildman–Crippen MR) is 94.6 cm³/mol. The number of carbonyl (C=O) groups is 2. The molecule has 1 aliphatic rings. The molecule has 0 radical (unpaired) electrons. The summed E-state index contributed by atoms with van der Waals surface area (Å²) in [4.78, 5) is 24.5. The van der Waals surface area contributed by atoms with Crippen LogP contribution in [0.1, 0.15) is 44.3 Å². The average molecular weight is 337 g/mol. The van der Waals surface area contributed by atoms with Crippen LogP contribution in [0.5, 0.6) is 5.75 Å². The summed E-state index contributed by atoms with van der Waals surface area (Å²) in [6.45, 7) is 4.24. The van der Waals surface area contributed by atoms with Crippen molar-refractivity contribution in [1.82, 2.24) is 5.32 Å². The zero-order chi connectivity index (χ0) is 17.8. The number of benzene rings is 2. The van der Waals surface area contributed by atoms with Gasteiger partial charge in [-0.15, -0.1) is 0 Å². The van der Waals surface area contributed by atoms with Crippen LogP contribution in [0, 0.1) is 0 Å². The molecule has 0 saturated carbocycles. The minimum Gasteiger partial charge on any atom is -0.493 e. The first kappa shape index (κ1) is 16.8. The van der Waals surface area contributed by atoms with Gasteiger partial charge in [0.05, 0.1) is 25.3 Å². The molecule has 0 bridgehead atoms. The van der Waals surface area contributed by atoms with Gasteiger partial charge < -0.3 is 14.8 Å². The molecule has 0 fully saturated rings. The van der Waals surface area contributed by atoms with Gasteiger partial charge in [-0.25, -0.2) is 4.79 Å². The molecule has 0 aliphatic carbocycles. The molecule has 3 rings (SSSR count). The molecule has 5 nitrogen and oxygen atoms in total. The topological polar surface area (TPSA) is 64.6 Å². The van der Waals surface area contributed by atoms with Gasteiger partial charge in [0.2, 0.25) is 0 Å². The maximum absolute atomic E-state index is 12.7. The van der Waals surface area contributed by atoms with Gasteiger partial charge in [0.1, 0.15) is 5.75 Å². The largest absolute Gasteiger partial charge is 0.493 e. The minimum atomic E-state index is -0.421. The zero-order valence-corrected chi connectivity index (χ0v) is 14.0.